The number of pyridine rings is 2. The molecule has 1 fully saturated rings. The van der Waals surface area contributed by atoms with Crippen LogP contribution in [0.1, 0.15) is 58.6 Å². The fourth-order valence-corrected chi connectivity index (χ4v) is 4.79. The van der Waals surface area contributed by atoms with E-state index in [2.05, 4.69) is 10.3 Å². The van der Waals surface area contributed by atoms with Gasteiger partial charge in [0.25, 0.3) is 0 Å². The van der Waals surface area contributed by atoms with Gasteiger partial charge in [-0.2, -0.15) is 0 Å². The highest BCUT2D eigenvalue weighted by Crippen LogP contribution is 2.37. The standard InChI is InChI=1S/C25H28Cl2N4O2.CH4/c1-14(32)18-12-28-22-9-8-21(16-10-19(26)25(33)20(27)11-16)30-24(22)23(18)29-17-6-4-15(5-7-17)13-31(2)3;/h8-12,15,17,33H,4-7,13H2,1-3H3,(H,28,29);1H4/i2D3,3D3;. The monoisotopic (exact) mass is 508 g/mol. The Labute approximate surface area is 219 Å². The molecular formula is C26H32Cl2N4O2. The van der Waals surface area contributed by atoms with Crippen molar-refractivity contribution in [3.63, 3.8) is 0 Å². The van der Waals surface area contributed by atoms with Crippen LogP contribution in [-0.4, -0.2) is 52.3 Å². The predicted octanol–water partition coefficient (Wildman–Crippen LogP) is 6.68. The molecule has 1 aliphatic carbocycles. The van der Waals surface area contributed by atoms with E-state index < -0.39 is 14.0 Å². The first-order chi connectivity index (χ1) is 18.1. The maximum Gasteiger partial charge on any atom is 0.163 e. The van der Waals surface area contributed by atoms with Crippen LogP contribution in [0.5, 0.6) is 5.75 Å². The summed E-state index contributed by atoms with van der Waals surface area (Å²) in [7, 11) is 0. The molecule has 1 aliphatic rings. The molecule has 4 rings (SSSR count). The molecule has 0 aliphatic heterocycles. The lowest BCUT2D eigenvalue weighted by Crippen LogP contribution is -2.31. The fraction of sp³-hybridized carbons (Fsp3) is 0.423. The third-order valence-electron chi connectivity index (χ3n) is 6.04. The largest absolute Gasteiger partial charge is 0.505 e. The summed E-state index contributed by atoms with van der Waals surface area (Å²) in [6.07, 6.45) is 4.08. The Balaban J connectivity index is 0.00000441. The van der Waals surface area contributed by atoms with Gasteiger partial charge in [-0.3, -0.25) is 9.78 Å². The number of rotatable bonds is 6. The summed E-state index contributed by atoms with van der Waals surface area (Å²) in [5.74, 6) is -0.490. The van der Waals surface area contributed by atoms with Crippen LogP contribution in [0.25, 0.3) is 22.3 Å². The van der Waals surface area contributed by atoms with Crippen LogP contribution in [0.15, 0.2) is 30.5 Å². The second-order valence-corrected chi connectivity index (χ2v) is 9.24. The van der Waals surface area contributed by atoms with Gasteiger partial charge in [0.15, 0.2) is 11.5 Å². The first-order valence-electron chi connectivity index (χ1n) is 13.7. The quantitative estimate of drug-likeness (QED) is 0.361. The van der Waals surface area contributed by atoms with E-state index in [1.165, 1.54) is 13.1 Å². The molecule has 2 aromatic heterocycles. The van der Waals surface area contributed by atoms with Crippen LogP contribution in [0.4, 0.5) is 5.69 Å². The van der Waals surface area contributed by atoms with Crippen LogP contribution < -0.4 is 5.32 Å². The van der Waals surface area contributed by atoms with Crippen molar-refractivity contribution in [1.29, 1.82) is 0 Å². The molecule has 0 saturated heterocycles. The number of hydrogen-bond acceptors (Lipinski definition) is 6. The van der Waals surface area contributed by atoms with Gasteiger partial charge in [0.1, 0.15) is 5.52 Å². The maximum absolute atomic E-state index is 12.5. The lowest BCUT2D eigenvalue weighted by Gasteiger charge is -2.31. The van der Waals surface area contributed by atoms with Gasteiger partial charge >= 0.3 is 0 Å². The Hall–Kier alpha value is -2.41. The Morgan fingerprint density at radius 2 is 1.88 bits per heavy atom. The number of phenols is 1. The smallest absolute Gasteiger partial charge is 0.163 e. The molecule has 6 nitrogen and oxygen atoms in total. The number of carbonyl (C=O) groups is 1. The molecule has 34 heavy (non-hydrogen) atoms. The highest BCUT2D eigenvalue weighted by molar-refractivity contribution is 6.37. The molecule has 3 aromatic rings. The average Bonchev–Trinajstić information content (AvgIpc) is 2.84. The SMILES string of the molecule is C.[2H]C([2H])([2H])N(CC1CCC(Nc2c(C(C)=O)cnc3ccc(-c4cc(Cl)c(O)c(Cl)c4)nc23)CC1)C([2H])([2H])[2H]. The van der Waals surface area contributed by atoms with Crippen LogP contribution in [0.3, 0.4) is 0 Å². The molecule has 1 aromatic carbocycles. The summed E-state index contributed by atoms with van der Waals surface area (Å²) in [4.78, 5) is 22.3. The third-order valence-corrected chi connectivity index (χ3v) is 6.62. The number of nitrogens with zero attached hydrogens (tertiary/aromatic N) is 3. The van der Waals surface area contributed by atoms with Gasteiger partial charge in [0.2, 0.25) is 0 Å². The Morgan fingerprint density at radius 3 is 2.50 bits per heavy atom. The lowest BCUT2D eigenvalue weighted by molar-refractivity contribution is 0.101. The average molecular weight is 510 g/mol. The van der Waals surface area contributed by atoms with Gasteiger partial charge < -0.3 is 15.3 Å². The van der Waals surface area contributed by atoms with E-state index in [4.69, 9.17) is 36.4 Å². The molecule has 0 spiro atoms. The highest BCUT2D eigenvalue weighted by Gasteiger charge is 2.24. The van der Waals surface area contributed by atoms with Crippen LogP contribution in [0.2, 0.25) is 10.0 Å². The summed E-state index contributed by atoms with van der Waals surface area (Å²) >= 11 is 12.2. The Kier molecular flexibility index (Phi) is 6.04. The van der Waals surface area contributed by atoms with Gasteiger partial charge in [0.05, 0.1) is 32.5 Å². The topological polar surface area (TPSA) is 78.4 Å². The number of carbonyl (C=O) groups excluding carboxylic acids is 1. The number of ketones is 1. The van der Waals surface area contributed by atoms with Gasteiger partial charge in [-0.05, 0) is 76.7 Å². The zero-order chi connectivity index (χ0) is 28.7. The lowest BCUT2D eigenvalue weighted by atomic mass is 9.85. The van der Waals surface area contributed by atoms with Crippen molar-refractivity contribution in [2.24, 2.45) is 5.92 Å². The van der Waals surface area contributed by atoms with Crippen molar-refractivity contribution < 1.29 is 18.1 Å². The minimum absolute atomic E-state index is 0. The number of nitrogens with one attached hydrogen (secondary N) is 1. The molecule has 0 amide bonds. The number of aromatic nitrogens is 2. The normalized spacial score (nSPS) is 21.4. The van der Waals surface area contributed by atoms with Gasteiger partial charge in [-0.1, -0.05) is 30.6 Å². The van der Waals surface area contributed by atoms with E-state index in [0.29, 0.717) is 64.1 Å². The maximum atomic E-state index is 12.5. The van der Waals surface area contributed by atoms with Crippen molar-refractivity contribution in [2.45, 2.75) is 46.1 Å². The van der Waals surface area contributed by atoms with Gasteiger partial charge in [-0.15, -0.1) is 0 Å². The molecule has 182 valence electrons. The van der Waals surface area contributed by atoms with Crippen LogP contribution >= 0.6 is 23.2 Å². The second kappa shape index (κ2) is 10.9. The molecular weight excluding hydrogens is 471 g/mol. The minimum Gasteiger partial charge on any atom is -0.505 e. The Bertz CT molecular complexity index is 1360. The number of benzene rings is 1. The third kappa shape index (κ3) is 5.62. The Morgan fingerprint density at radius 1 is 1.21 bits per heavy atom. The number of halogens is 2. The molecule has 0 radical (unpaired) electrons. The van der Waals surface area contributed by atoms with E-state index in [0.717, 1.165) is 0 Å². The molecule has 2 heterocycles. The van der Waals surface area contributed by atoms with E-state index >= 15 is 0 Å². The fourth-order valence-electron chi connectivity index (χ4n) is 4.31. The summed E-state index contributed by atoms with van der Waals surface area (Å²) in [6, 6.07) is 6.58. The van der Waals surface area contributed by atoms with Crippen molar-refractivity contribution in [3.8, 4) is 17.0 Å². The predicted molar refractivity (Wildman–Crippen MR) is 141 cm³/mol. The number of phenolic OH excluding ortho intramolecular Hbond substituents is 1. The molecule has 0 bridgehead atoms. The number of fused-ring (bicyclic) bond motifs is 1. The zero-order valence-electron chi connectivity index (χ0n) is 24.0. The molecule has 0 unspecified atom stereocenters. The van der Waals surface area contributed by atoms with Crippen molar-refractivity contribution >= 4 is 45.7 Å². The van der Waals surface area contributed by atoms with Gasteiger partial charge in [-0.25, -0.2) is 4.98 Å². The number of aromatic hydroxyl groups is 1. The van der Waals surface area contributed by atoms with Gasteiger partial charge in [0, 0.05) is 32.6 Å². The zero-order valence-corrected chi connectivity index (χ0v) is 19.5. The second-order valence-electron chi connectivity index (χ2n) is 8.43. The van der Waals surface area contributed by atoms with E-state index in [1.54, 1.807) is 24.3 Å². The number of anilines is 1. The summed E-state index contributed by atoms with van der Waals surface area (Å²) in [5, 5.41) is 13.6. The van der Waals surface area contributed by atoms with Crippen molar-refractivity contribution in [2.75, 3.05) is 25.8 Å². The number of Topliss-reactive ketones (excluding diaryl/α,β-unsaturated/α-hetero) is 1. The molecule has 0 atom stereocenters. The van der Waals surface area contributed by atoms with Crippen molar-refractivity contribution in [3.05, 3.63) is 46.1 Å². The minimum atomic E-state index is -2.71. The number of hydrogen-bond donors (Lipinski definition) is 2. The van der Waals surface area contributed by atoms with E-state index in [-0.39, 0.29) is 47.5 Å². The van der Waals surface area contributed by atoms with Crippen LogP contribution in [-0.2, 0) is 0 Å². The highest BCUT2D eigenvalue weighted by atomic mass is 35.5. The summed E-state index contributed by atoms with van der Waals surface area (Å²) < 4.78 is 45.7. The first-order valence-corrected chi connectivity index (χ1v) is 11.4. The summed E-state index contributed by atoms with van der Waals surface area (Å²) in [6.45, 7) is -4.00. The van der Waals surface area contributed by atoms with Crippen LogP contribution in [0, 0.1) is 5.92 Å². The molecule has 1 saturated carbocycles. The first kappa shape index (κ1) is 18.9. The molecule has 2 N–H and O–H groups in total. The van der Waals surface area contributed by atoms with E-state index in [9.17, 15) is 9.90 Å². The molecule has 8 heteroatoms. The van der Waals surface area contributed by atoms with E-state index in [1.807, 2.05) is 0 Å². The van der Waals surface area contributed by atoms with Crippen molar-refractivity contribution in [1.82, 2.24) is 14.9 Å². The summed E-state index contributed by atoms with van der Waals surface area (Å²) in [5.41, 5.74) is 3.08.